The zero-order valence-electron chi connectivity index (χ0n) is 33.6. The van der Waals surface area contributed by atoms with Gasteiger partial charge in [-0.15, -0.1) is 22.7 Å². The SMILES string of the molecule is CCCCN(CCCC)c1ccc(/C=C/C(=O)/C=C(/C=C/c2ccc(-c3ccc(/C=C/C(C)(/C=C(/C=C/c4ccc(OC)cc4)OC)OC)s3)s2)OB(F)F)cc1. The molecule has 0 spiro atoms. The third-order valence-corrected chi connectivity index (χ3v) is 11.2. The largest absolute Gasteiger partial charge is 0.796 e. The lowest BCUT2D eigenvalue weighted by molar-refractivity contribution is -0.110. The molecule has 0 aliphatic carbocycles. The molecule has 2 aromatic heterocycles. The number of methoxy groups -OCH3 is 3. The van der Waals surface area contributed by atoms with E-state index in [2.05, 4.69) is 35.5 Å². The molecule has 57 heavy (non-hydrogen) atoms. The Bertz CT molecular complexity index is 2020. The zero-order chi connectivity index (χ0) is 41.0. The summed E-state index contributed by atoms with van der Waals surface area (Å²) >= 11 is 3.12. The Labute approximate surface area is 345 Å². The van der Waals surface area contributed by atoms with Crippen molar-refractivity contribution in [3.63, 3.8) is 0 Å². The molecular weight excluding hydrogens is 759 g/mol. The van der Waals surface area contributed by atoms with E-state index in [-0.39, 0.29) is 5.76 Å². The molecule has 0 aliphatic rings. The lowest BCUT2D eigenvalue weighted by atomic mass is 10.0. The smallest absolute Gasteiger partial charge is 0.505 e. The average molecular weight is 812 g/mol. The van der Waals surface area contributed by atoms with E-state index >= 15 is 0 Å². The molecule has 4 aromatic rings. The Morgan fingerprint density at radius 3 is 1.84 bits per heavy atom. The van der Waals surface area contributed by atoms with Crippen molar-refractivity contribution < 1.29 is 32.3 Å². The highest BCUT2D eigenvalue weighted by atomic mass is 32.1. The molecule has 0 radical (unpaired) electrons. The predicted octanol–water partition coefficient (Wildman–Crippen LogP) is 12.7. The Morgan fingerprint density at radius 2 is 1.30 bits per heavy atom. The minimum Gasteiger partial charge on any atom is -0.505 e. The molecule has 0 saturated heterocycles. The van der Waals surface area contributed by atoms with Crippen LogP contribution in [0.15, 0.2) is 121 Å². The quantitative estimate of drug-likeness (QED) is 0.0322. The number of thiophene rings is 2. The van der Waals surface area contributed by atoms with Crippen molar-refractivity contribution in [3.8, 4) is 15.5 Å². The first kappa shape index (κ1) is 44.7. The van der Waals surface area contributed by atoms with Crippen LogP contribution >= 0.6 is 22.7 Å². The number of hydrogen-bond donors (Lipinski definition) is 0. The van der Waals surface area contributed by atoms with Gasteiger partial charge in [0.1, 0.15) is 22.9 Å². The van der Waals surface area contributed by atoms with E-state index < -0.39 is 18.9 Å². The van der Waals surface area contributed by atoms with Crippen LogP contribution in [0.2, 0.25) is 0 Å². The predicted molar refractivity (Wildman–Crippen MR) is 238 cm³/mol. The number of ketones is 1. The summed E-state index contributed by atoms with van der Waals surface area (Å²) < 4.78 is 48.0. The van der Waals surface area contributed by atoms with Crippen molar-refractivity contribution >= 4 is 65.9 Å². The highest BCUT2D eigenvalue weighted by Crippen LogP contribution is 2.35. The Morgan fingerprint density at radius 1 is 0.737 bits per heavy atom. The summed E-state index contributed by atoms with van der Waals surface area (Å²) in [5.41, 5.74) is 2.26. The summed E-state index contributed by atoms with van der Waals surface area (Å²) in [5.74, 6) is 0.763. The highest BCUT2D eigenvalue weighted by molar-refractivity contribution is 7.22. The third-order valence-electron chi connectivity index (χ3n) is 8.92. The lowest BCUT2D eigenvalue weighted by Crippen LogP contribution is -2.25. The van der Waals surface area contributed by atoms with Crippen LogP contribution < -0.4 is 9.64 Å². The average Bonchev–Trinajstić information content (AvgIpc) is 3.90. The van der Waals surface area contributed by atoms with Crippen LogP contribution in [0.4, 0.5) is 14.3 Å². The number of carbonyl (C=O) groups is 1. The monoisotopic (exact) mass is 811 g/mol. The number of hydrogen-bond acceptors (Lipinski definition) is 8. The second kappa shape index (κ2) is 23.3. The van der Waals surface area contributed by atoms with E-state index in [9.17, 15) is 13.4 Å². The fourth-order valence-corrected chi connectivity index (χ4v) is 7.45. The molecule has 2 heterocycles. The summed E-state index contributed by atoms with van der Waals surface area (Å²) in [6, 6.07) is 23.7. The molecule has 0 amide bonds. The summed E-state index contributed by atoms with van der Waals surface area (Å²) in [6.45, 7) is 8.34. The van der Waals surface area contributed by atoms with Crippen molar-refractivity contribution in [2.45, 2.75) is 52.1 Å². The maximum Gasteiger partial charge on any atom is 0.796 e. The molecule has 300 valence electrons. The third kappa shape index (κ3) is 15.1. The number of allylic oxidation sites excluding steroid dienone is 4. The van der Waals surface area contributed by atoms with Gasteiger partial charge < -0.3 is 23.8 Å². The van der Waals surface area contributed by atoms with Gasteiger partial charge in [0.25, 0.3) is 0 Å². The van der Waals surface area contributed by atoms with Crippen LogP contribution in [0.1, 0.15) is 67.3 Å². The maximum atomic E-state index is 13.3. The van der Waals surface area contributed by atoms with Gasteiger partial charge in [-0.2, -0.15) is 0 Å². The van der Waals surface area contributed by atoms with Gasteiger partial charge in [0.2, 0.25) is 0 Å². The van der Waals surface area contributed by atoms with E-state index in [1.165, 1.54) is 23.5 Å². The highest BCUT2D eigenvalue weighted by Gasteiger charge is 2.19. The van der Waals surface area contributed by atoms with Crippen molar-refractivity contribution in [2.24, 2.45) is 0 Å². The zero-order valence-corrected chi connectivity index (χ0v) is 35.2. The minimum absolute atomic E-state index is 0.223. The van der Waals surface area contributed by atoms with Gasteiger partial charge in [0, 0.05) is 51.5 Å². The fourth-order valence-electron chi connectivity index (χ4n) is 5.54. The first-order valence-electron chi connectivity index (χ1n) is 19.0. The van der Waals surface area contributed by atoms with Crippen LogP contribution in [-0.2, 0) is 18.9 Å². The van der Waals surface area contributed by atoms with Crippen molar-refractivity contribution in [1.82, 2.24) is 0 Å². The van der Waals surface area contributed by atoms with Crippen molar-refractivity contribution in [3.05, 3.63) is 142 Å². The molecule has 0 N–H and O–H groups in total. The normalized spacial score (nSPS) is 13.5. The molecule has 4 rings (SSSR count). The second-order valence-corrected chi connectivity index (χ2v) is 15.5. The summed E-state index contributed by atoms with van der Waals surface area (Å²) in [7, 11) is 1.84. The topological polar surface area (TPSA) is 57.2 Å². The molecule has 0 fully saturated rings. The van der Waals surface area contributed by atoms with E-state index in [0.717, 1.165) is 86.9 Å². The standard InChI is InChI=1S/C46H52BF2NO5S2/c1-7-9-31-50(32-10-8-2)37-17-11-35(12-18-37)13-19-38(51)33-40(55-47(48)49)23-24-42-25-27-44(56-42)45-28-26-43(57-45)29-30-46(3,54-6)34-41(53-5)22-16-36-14-20-39(52-4)21-15-36/h11-30,33-34H,7-10,31-32H2,1-6H3/b19-13+,22-16+,24-23+,30-29+,40-33-,41-34-. The number of rotatable bonds is 23. The minimum atomic E-state index is -3.07. The summed E-state index contributed by atoms with van der Waals surface area (Å²) in [6.07, 6.45) is 21.5. The van der Waals surface area contributed by atoms with Gasteiger partial charge in [-0.05, 0) is 122 Å². The van der Waals surface area contributed by atoms with Gasteiger partial charge in [-0.1, -0.05) is 63.1 Å². The molecule has 0 saturated carbocycles. The molecule has 1 atom stereocenters. The van der Waals surface area contributed by atoms with Crippen LogP contribution in [0.3, 0.4) is 0 Å². The van der Waals surface area contributed by atoms with Crippen molar-refractivity contribution in [1.29, 1.82) is 0 Å². The van der Waals surface area contributed by atoms with Gasteiger partial charge in [0.05, 0.1) is 14.2 Å². The second-order valence-electron chi connectivity index (χ2n) is 13.3. The number of ether oxygens (including phenoxy) is 3. The molecule has 6 nitrogen and oxygen atoms in total. The Hall–Kier alpha value is -4.97. The number of nitrogens with zero attached hydrogens (tertiary/aromatic N) is 1. The molecule has 0 bridgehead atoms. The number of carbonyl (C=O) groups excluding carboxylic acids is 1. The van der Waals surface area contributed by atoms with Crippen LogP contribution in [0.25, 0.3) is 34.1 Å². The van der Waals surface area contributed by atoms with Crippen LogP contribution in [0.5, 0.6) is 5.75 Å². The van der Waals surface area contributed by atoms with E-state index in [4.69, 9.17) is 14.2 Å². The Kier molecular flexibility index (Phi) is 18.3. The molecule has 1 unspecified atom stereocenters. The number of benzene rings is 2. The maximum absolute atomic E-state index is 13.3. The number of unbranched alkanes of at least 4 members (excludes halogenated alkanes) is 2. The van der Waals surface area contributed by atoms with E-state index in [1.54, 1.807) is 44.8 Å². The summed E-state index contributed by atoms with van der Waals surface area (Å²) in [5, 5.41) is 0. The van der Waals surface area contributed by atoms with Crippen molar-refractivity contribution in [2.75, 3.05) is 39.3 Å². The molecule has 2 aromatic carbocycles. The molecular formula is C46H52BF2NO5S2. The first-order valence-corrected chi connectivity index (χ1v) is 20.6. The number of halogens is 2. The first-order chi connectivity index (χ1) is 27.6. The van der Waals surface area contributed by atoms with Gasteiger partial charge in [-0.3, -0.25) is 4.79 Å². The van der Waals surface area contributed by atoms with E-state index in [1.807, 2.05) is 98.0 Å². The lowest BCUT2D eigenvalue weighted by Gasteiger charge is -2.24. The van der Waals surface area contributed by atoms with Gasteiger partial charge >= 0.3 is 7.47 Å². The Balaban J connectivity index is 1.40. The van der Waals surface area contributed by atoms with Crippen LogP contribution in [-0.4, -0.2) is 53.3 Å². The van der Waals surface area contributed by atoms with Crippen LogP contribution in [0, 0.1) is 0 Å². The number of anilines is 1. The van der Waals surface area contributed by atoms with E-state index in [0.29, 0.717) is 5.76 Å². The van der Waals surface area contributed by atoms with Gasteiger partial charge in [0.15, 0.2) is 5.78 Å². The fraction of sp³-hybridized carbons (Fsp3) is 0.283. The summed E-state index contributed by atoms with van der Waals surface area (Å²) in [4.78, 5) is 19.1. The molecule has 11 heteroatoms. The van der Waals surface area contributed by atoms with Gasteiger partial charge in [-0.25, -0.2) is 8.63 Å². The molecule has 0 aliphatic heterocycles.